The number of aliphatic hydroxyl groups excluding tert-OH is 1. The zero-order chi connectivity index (χ0) is 22.4. The van der Waals surface area contributed by atoms with Gasteiger partial charge in [-0.25, -0.2) is 0 Å². The summed E-state index contributed by atoms with van der Waals surface area (Å²) in [5.41, 5.74) is 2.40. The molecule has 3 rings (SSSR count). The Morgan fingerprint density at radius 2 is 2.00 bits per heavy atom. The number of benzene rings is 1. The molecule has 1 aliphatic rings. The third kappa shape index (κ3) is 6.55. The van der Waals surface area contributed by atoms with Crippen molar-refractivity contribution in [1.29, 1.82) is 0 Å². The van der Waals surface area contributed by atoms with Crippen LogP contribution >= 0.6 is 11.3 Å². The van der Waals surface area contributed by atoms with Crippen LogP contribution in [0.15, 0.2) is 35.7 Å². The van der Waals surface area contributed by atoms with E-state index in [1.54, 1.807) is 11.3 Å². The quantitative estimate of drug-likeness (QED) is 0.594. The fourth-order valence-corrected chi connectivity index (χ4v) is 5.04. The van der Waals surface area contributed by atoms with Gasteiger partial charge < -0.3 is 14.7 Å². The third-order valence-electron chi connectivity index (χ3n) is 5.77. The van der Waals surface area contributed by atoms with Gasteiger partial charge in [-0.15, -0.1) is 11.3 Å². The van der Waals surface area contributed by atoms with Crippen molar-refractivity contribution in [3.8, 4) is 5.75 Å². The van der Waals surface area contributed by atoms with Crippen molar-refractivity contribution in [1.82, 2.24) is 9.80 Å². The van der Waals surface area contributed by atoms with Crippen LogP contribution in [0.3, 0.4) is 0 Å². The second-order valence-corrected chi connectivity index (χ2v) is 9.93. The normalized spacial score (nSPS) is 17.1. The number of rotatable bonds is 10. The molecule has 2 atom stereocenters. The molecule has 0 saturated carbocycles. The summed E-state index contributed by atoms with van der Waals surface area (Å²) in [5.74, 6) is 1.37. The van der Waals surface area contributed by atoms with E-state index in [-0.39, 0.29) is 11.9 Å². The van der Waals surface area contributed by atoms with Gasteiger partial charge in [0, 0.05) is 24.5 Å². The van der Waals surface area contributed by atoms with Crippen molar-refractivity contribution in [2.75, 3.05) is 32.8 Å². The number of nitrogens with zero attached hydrogens (tertiary/aromatic N) is 2. The smallest absolute Gasteiger partial charge is 0.237 e. The Bertz CT molecular complexity index is 834. The minimum atomic E-state index is -0.406. The molecule has 0 spiro atoms. The minimum Gasteiger partial charge on any atom is -0.491 e. The Balaban J connectivity index is 1.73. The molecule has 6 heteroatoms. The first kappa shape index (κ1) is 23.8. The van der Waals surface area contributed by atoms with E-state index in [2.05, 4.69) is 37.1 Å². The Hall–Kier alpha value is -1.89. The number of fused-ring (bicyclic) bond motifs is 1. The van der Waals surface area contributed by atoms with Crippen LogP contribution in [0.25, 0.3) is 0 Å². The van der Waals surface area contributed by atoms with Gasteiger partial charge in [0.2, 0.25) is 5.91 Å². The van der Waals surface area contributed by atoms with Gasteiger partial charge in [0.25, 0.3) is 0 Å². The molecule has 0 radical (unpaired) electrons. The summed E-state index contributed by atoms with van der Waals surface area (Å²) in [6.07, 6.45) is 1.18. The van der Waals surface area contributed by atoms with E-state index in [9.17, 15) is 9.90 Å². The molecule has 170 valence electrons. The standard InChI is InChI=1S/C25H36N2O3S/c1-5-20(28)15-26(14-18(2)3)16-25(29)27-12-10-24-22(11-13-31-24)23(27)17-30-21-8-6-19(4)7-9-21/h6-9,11,13,18,20,23,28H,5,10,12,14-17H2,1-4H3/t20-,23-/m1/s1. The lowest BCUT2D eigenvalue weighted by atomic mass is 10.00. The van der Waals surface area contributed by atoms with E-state index in [0.29, 0.717) is 38.6 Å². The van der Waals surface area contributed by atoms with Gasteiger partial charge in [-0.1, -0.05) is 38.5 Å². The van der Waals surface area contributed by atoms with Crippen molar-refractivity contribution in [3.05, 3.63) is 51.7 Å². The fraction of sp³-hybridized carbons (Fsp3) is 0.560. The maximum absolute atomic E-state index is 13.4. The van der Waals surface area contributed by atoms with E-state index in [1.807, 2.05) is 36.1 Å². The second-order valence-electron chi connectivity index (χ2n) is 8.93. The van der Waals surface area contributed by atoms with Crippen LogP contribution in [0.5, 0.6) is 5.75 Å². The number of ether oxygens (including phenoxy) is 1. The van der Waals surface area contributed by atoms with Crippen LogP contribution in [-0.4, -0.2) is 59.7 Å². The molecule has 0 bridgehead atoms. The SMILES string of the molecule is CC[C@@H](O)CN(CC(=O)N1CCc2sccc2[C@H]1COc1ccc(C)cc1)CC(C)C. The molecule has 31 heavy (non-hydrogen) atoms. The van der Waals surface area contributed by atoms with Crippen molar-refractivity contribution in [2.24, 2.45) is 5.92 Å². The summed E-state index contributed by atoms with van der Waals surface area (Å²) in [6, 6.07) is 10.1. The van der Waals surface area contributed by atoms with Crippen molar-refractivity contribution >= 4 is 17.2 Å². The predicted octanol–water partition coefficient (Wildman–Crippen LogP) is 4.29. The molecule has 0 unspecified atom stereocenters. The molecule has 0 saturated heterocycles. The number of carbonyl (C=O) groups excluding carboxylic acids is 1. The van der Waals surface area contributed by atoms with E-state index in [0.717, 1.165) is 18.7 Å². The highest BCUT2D eigenvalue weighted by molar-refractivity contribution is 7.10. The molecular formula is C25H36N2O3S. The van der Waals surface area contributed by atoms with Crippen molar-refractivity contribution < 1.29 is 14.6 Å². The summed E-state index contributed by atoms with van der Waals surface area (Å²) in [5, 5.41) is 12.3. The number of hydrogen-bond donors (Lipinski definition) is 1. The van der Waals surface area contributed by atoms with Gasteiger partial charge in [0.05, 0.1) is 18.7 Å². The van der Waals surface area contributed by atoms with Gasteiger partial charge in [0.1, 0.15) is 12.4 Å². The summed E-state index contributed by atoms with van der Waals surface area (Å²) in [7, 11) is 0. The predicted molar refractivity (Wildman–Crippen MR) is 127 cm³/mol. The van der Waals surface area contributed by atoms with Crippen LogP contribution in [0.2, 0.25) is 0 Å². The third-order valence-corrected chi connectivity index (χ3v) is 6.76. The van der Waals surface area contributed by atoms with E-state index < -0.39 is 6.10 Å². The first-order valence-electron chi connectivity index (χ1n) is 11.3. The zero-order valence-corrected chi connectivity index (χ0v) is 20.0. The highest BCUT2D eigenvalue weighted by Crippen LogP contribution is 2.34. The number of hydrogen-bond acceptors (Lipinski definition) is 5. The molecule has 0 aliphatic carbocycles. The van der Waals surface area contributed by atoms with Gasteiger partial charge in [-0.3, -0.25) is 9.69 Å². The molecular weight excluding hydrogens is 408 g/mol. The van der Waals surface area contributed by atoms with Crippen molar-refractivity contribution in [3.63, 3.8) is 0 Å². The van der Waals surface area contributed by atoms with Crippen LogP contribution in [0, 0.1) is 12.8 Å². The lowest BCUT2D eigenvalue weighted by Gasteiger charge is -2.37. The zero-order valence-electron chi connectivity index (χ0n) is 19.2. The first-order chi connectivity index (χ1) is 14.9. The van der Waals surface area contributed by atoms with Crippen molar-refractivity contribution in [2.45, 2.75) is 52.7 Å². The largest absolute Gasteiger partial charge is 0.491 e. The van der Waals surface area contributed by atoms with E-state index in [1.165, 1.54) is 16.0 Å². The van der Waals surface area contributed by atoms with Crippen LogP contribution in [0.4, 0.5) is 0 Å². The molecule has 1 N–H and O–H groups in total. The average Bonchev–Trinajstić information content (AvgIpc) is 3.21. The van der Waals surface area contributed by atoms with E-state index in [4.69, 9.17) is 4.74 Å². The molecule has 2 aromatic rings. The number of aryl methyl sites for hydroxylation is 1. The van der Waals surface area contributed by atoms with Crippen LogP contribution in [-0.2, 0) is 11.2 Å². The number of amides is 1. The van der Waals surface area contributed by atoms with Gasteiger partial charge in [0.15, 0.2) is 0 Å². The summed E-state index contributed by atoms with van der Waals surface area (Å²) >= 11 is 1.76. The minimum absolute atomic E-state index is 0.0826. The van der Waals surface area contributed by atoms with Gasteiger partial charge in [-0.05, 0) is 54.8 Å². The Morgan fingerprint density at radius 1 is 1.26 bits per heavy atom. The first-order valence-corrected chi connectivity index (χ1v) is 12.2. The van der Waals surface area contributed by atoms with Gasteiger partial charge in [-0.2, -0.15) is 0 Å². The Labute approximate surface area is 190 Å². The Morgan fingerprint density at radius 3 is 2.68 bits per heavy atom. The maximum Gasteiger partial charge on any atom is 0.237 e. The molecule has 5 nitrogen and oxygen atoms in total. The van der Waals surface area contributed by atoms with Crippen LogP contribution in [0.1, 0.15) is 49.2 Å². The molecule has 1 aliphatic heterocycles. The number of aliphatic hydroxyl groups is 1. The van der Waals surface area contributed by atoms with Crippen LogP contribution < -0.4 is 4.74 Å². The highest BCUT2D eigenvalue weighted by atomic mass is 32.1. The summed E-state index contributed by atoms with van der Waals surface area (Å²) in [4.78, 5) is 18.8. The molecule has 2 heterocycles. The van der Waals surface area contributed by atoms with Gasteiger partial charge >= 0.3 is 0 Å². The number of carbonyl (C=O) groups is 1. The topological polar surface area (TPSA) is 53.0 Å². The molecule has 0 fully saturated rings. The molecule has 1 aromatic carbocycles. The lowest BCUT2D eigenvalue weighted by Crippen LogP contribution is -2.48. The lowest BCUT2D eigenvalue weighted by molar-refractivity contribution is -0.136. The highest BCUT2D eigenvalue weighted by Gasteiger charge is 2.33. The maximum atomic E-state index is 13.4. The second kappa shape index (κ2) is 11.1. The number of thiophene rings is 1. The van der Waals surface area contributed by atoms with E-state index >= 15 is 0 Å². The fourth-order valence-electron chi connectivity index (χ4n) is 4.11. The monoisotopic (exact) mass is 444 g/mol. The Kier molecular flexibility index (Phi) is 8.52. The summed E-state index contributed by atoms with van der Waals surface area (Å²) in [6.45, 7) is 11.1. The molecule has 1 aromatic heterocycles. The molecule has 1 amide bonds. The summed E-state index contributed by atoms with van der Waals surface area (Å²) < 4.78 is 6.12. The average molecular weight is 445 g/mol.